The number of halogens is 3. The summed E-state index contributed by atoms with van der Waals surface area (Å²) in [6.45, 7) is 0.823. The number of hydrogen-bond donors (Lipinski definition) is 3. The van der Waals surface area contributed by atoms with Crippen LogP contribution in [0.2, 0.25) is 0 Å². The number of primary amides is 1. The number of benzene rings is 1. The molecule has 0 bridgehead atoms. The summed E-state index contributed by atoms with van der Waals surface area (Å²) in [4.78, 5) is 35.8. The molecule has 1 atom stereocenters. The van der Waals surface area contributed by atoms with Gasteiger partial charge >= 0.3 is 6.18 Å². The van der Waals surface area contributed by atoms with Crippen molar-refractivity contribution in [1.29, 1.82) is 0 Å². The molecule has 0 radical (unpaired) electrons. The summed E-state index contributed by atoms with van der Waals surface area (Å²) in [6.07, 6.45) is -3.14. The molecular weight excluding hydrogens is 453 g/mol. The van der Waals surface area contributed by atoms with Crippen molar-refractivity contribution in [3.63, 3.8) is 0 Å². The molecule has 9 nitrogen and oxygen atoms in total. The Morgan fingerprint density at radius 1 is 1.18 bits per heavy atom. The van der Waals surface area contributed by atoms with Crippen LogP contribution in [0.3, 0.4) is 0 Å². The average Bonchev–Trinajstić information content (AvgIpc) is 3.22. The number of carbonyl (C=O) groups is 2. The van der Waals surface area contributed by atoms with E-state index in [4.69, 9.17) is 10.5 Å². The zero-order valence-corrected chi connectivity index (χ0v) is 17.6. The number of nitrogens with one attached hydrogen (secondary N) is 2. The Morgan fingerprint density at radius 3 is 2.53 bits per heavy atom. The molecule has 3 aromatic rings. The highest BCUT2D eigenvalue weighted by Gasteiger charge is 2.30. The molecule has 176 valence electrons. The summed E-state index contributed by atoms with van der Waals surface area (Å²) < 4.78 is 43.5. The van der Waals surface area contributed by atoms with Gasteiger partial charge in [0, 0.05) is 30.9 Å². The minimum Gasteiger partial charge on any atom is -0.439 e. The van der Waals surface area contributed by atoms with Crippen molar-refractivity contribution in [2.24, 2.45) is 5.73 Å². The Morgan fingerprint density at radius 2 is 1.94 bits per heavy atom. The molecule has 1 saturated heterocycles. The second-order valence-electron chi connectivity index (χ2n) is 7.45. The van der Waals surface area contributed by atoms with E-state index in [-0.39, 0.29) is 35.9 Å². The lowest BCUT2D eigenvalue weighted by Gasteiger charge is -2.11. The molecule has 0 spiro atoms. The van der Waals surface area contributed by atoms with Crippen LogP contribution in [0.4, 0.5) is 13.2 Å². The summed E-state index contributed by atoms with van der Waals surface area (Å²) in [5.41, 5.74) is 5.58. The van der Waals surface area contributed by atoms with E-state index in [2.05, 4.69) is 25.6 Å². The molecule has 2 amide bonds. The van der Waals surface area contributed by atoms with E-state index in [0.29, 0.717) is 36.2 Å². The first-order valence-electron chi connectivity index (χ1n) is 10.2. The van der Waals surface area contributed by atoms with E-state index in [9.17, 15) is 22.8 Å². The van der Waals surface area contributed by atoms with E-state index in [1.807, 2.05) is 0 Å². The van der Waals surface area contributed by atoms with Crippen LogP contribution in [0.5, 0.6) is 11.6 Å². The number of amides is 2. The summed E-state index contributed by atoms with van der Waals surface area (Å²) in [6, 6.07) is 9.50. The van der Waals surface area contributed by atoms with Crippen LogP contribution in [-0.4, -0.2) is 39.4 Å². The van der Waals surface area contributed by atoms with Gasteiger partial charge in [-0.2, -0.15) is 13.2 Å². The highest BCUT2D eigenvalue weighted by atomic mass is 19.4. The molecule has 4 rings (SSSR count). The van der Waals surface area contributed by atoms with Crippen LogP contribution >= 0.6 is 0 Å². The van der Waals surface area contributed by atoms with Gasteiger partial charge in [-0.15, -0.1) is 0 Å². The SMILES string of the molecule is NC(=O)c1cc(CNC2CCNC2=O)nc(-c2ccc(Oc3ccc(C(F)(F)F)cn3)cc2)n1. The van der Waals surface area contributed by atoms with Gasteiger partial charge in [-0.3, -0.25) is 9.59 Å². The van der Waals surface area contributed by atoms with Gasteiger partial charge in [-0.1, -0.05) is 0 Å². The van der Waals surface area contributed by atoms with Crippen LogP contribution in [0, 0.1) is 0 Å². The highest BCUT2D eigenvalue weighted by Crippen LogP contribution is 2.30. The van der Waals surface area contributed by atoms with Crippen molar-refractivity contribution in [1.82, 2.24) is 25.6 Å². The Labute approximate surface area is 191 Å². The lowest BCUT2D eigenvalue weighted by Crippen LogP contribution is -2.36. The van der Waals surface area contributed by atoms with Gasteiger partial charge in [-0.25, -0.2) is 15.0 Å². The first-order valence-corrected chi connectivity index (χ1v) is 10.2. The Kier molecular flexibility index (Phi) is 6.41. The van der Waals surface area contributed by atoms with Gasteiger partial charge < -0.3 is 21.1 Å². The summed E-state index contributed by atoms with van der Waals surface area (Å²) in [5, 5.41) is 5.82. The Bertz CT molecular complexity index is 1200. The zero-order chi connectivity index (χ0) is 24.3. The van der Waals surface area contributed by atoms with Gasteiger partial charge in [0.15, 0.2) is 5.82 Å². The predicted molar refractivity (Wildman–Crippen MR) is 114 cm³/mol. The van der Waals surface area contributed by atoms with E-state index < -0.39 is 17.6 Å². The standard InChI is InChI=1S/C22H19F3N6O3/c23-22(24,25)13-3-6-18(29-10-13)34-15-4-1-12(2-5-15)20-30-14(9-17(31-20)19(26)32)11-28-16-7-8-27-21(16)33/h1-6,9-10,16,28H,7-8,11H2,(H2,26,32)(H,27,33). The lowest BCUT2D eigenvalue weighted by atomic mass is 10.2. The number of rotatable bonds is 7. The minimum atomic E-state index is -4.48. The van der Waals surface area contributed by atoms with Crippen LogP contribution in [0.15, 0.2) is 48.7 Å². The highest BCUT2D eigenvalue weighted by molar-refractivity contribution is 5.91. The molecule has 0 aliphatic carbocycles. The second-order valence-corrected chi connectivity index (χ2v) is 7.45. The molecule has 2 aromatic heterocycles. The molecule has 1 unspecified atom stereocenters. The van der Waals surface area contributed by atoms with Crippen molar-refractivity contribution in [3.05, 3.63) is 65.6 Å². The van der Waals surface area contributed by atoms with Crippen LogP contribution in [0.25, 0.3) is 11.4 Å². The quantitative estimate of drug-likeness (QED) is 0.481. The van der Waals surface area contributed by atoms with Crippen LogP contribution in [0.1, 0.15) is 28.2 Å². The predicted octanol–water partition coefficient (Wildman–Crippen LogP) is 2.43. The van der Waals surface area contributed by atoms with Crippen LogP contribution < -0.4 is 21.1 Å². The third-order valence-electron chi connectivity index (χ3n) is 5.01. The molecule has 34 heavy (non-hydrogen) atoms. The van der Waals surface area contributed by atoms with E-state index in [1.54, 1.807) is 24.3 Å². The Hall–Kier alpha value is -4.06. The molecular formula is C22H19F3N6O3. The molecule has 12 heteroatoms. The zero-order valence-electron chi connectivity index (χ0n) is 17.6. The van der Waals surface area contributed by atoms with Gasteiger partial charge in [-0.05, 0) is 42.8 Å². The number of nitrogens with two attached hydrogens (primary N) is 1. The maximum atomic E-state index is 12.7. The first kappa shape index (κ1) is 23.1. The smallest absolute Gasteiger partial charge is 0.417 e. The number of nitrogens with zero attached hydrogens (tertiary/aromatic N) is 3. The number of carbonyl (C=O) groups excluding carboxylic acids is 2. The maximum Gasteiger partial charge on any atom is 0.417 e. The monoisotopic (exact) mass is 472 g/mol. The van der Waals surface area contributed by atoms with E-state index in [1.165, 1.54) is 6.07 Å². The van der Waals surface area contributed by atoms with Crippen LogP contribution in [-0.2, 0) is 17.5 Å². The van der Waals surface area contributed by atoms with E-state index >= 15 is 0 Å². The molecule has 1 aliphatic rings. The van der Waals surface area contributed by atoms with E-state index in [0.717, 1.165) is 12.1 Å². The van der Waals surface area contributed by atoms with Gasteiger partial charge in [0.05, 0.1) is 17.3 Å². The number of pyridine rings is 1. The normalized spacial score (nSPS) is 15.7. The van der Waals surface area contributed by atoms with Crippen molar-refractivity contribution >= 4 is 11.8 Å². The molecule has 1 fully saturated rings. The van der Waals surface area contributed by atoms with Crippen molar-refractivity contribution < 1.29 is 27.5 Å². The van der Waals surface area contributed by atoms with Crippen molar-refractivity contribution in [3.8, 4) is 23.0 Å². The fourth-order valence-electron chi connectivity index (χ4n) is 3.26. The first-order chi connectivity index (χ1) is 16.2. The number of hydrogen-bond acceptors (Lipinski definition) is 7. The molecule has 0 saturated carbocycles. The summed E-state index contributed by atoms with van der Waals surface area (Å²) in [5.74, 6) is -0.254. The number of aromatic nitrogens is 3. The third-order valence-corrected chi connectivity index (χ3v) is 5.01. The average molecular weight is 472 g/mol. The molecule has 3 heterocycles. The van der Waals surface area contributed by atoms with Crippen molar-refractivity contribution in [2.75, 3.05) is 6.54 Å². The topological polar surface area (TPSA) is 132 Å². The summed E-state index contributed by atoms with van der Waals surface area (Å²) in [7, 11) is 0. The van der Waals surface area contributed by atoms with Crippen molar-refractivity contribution in [2.45, 2.75) is 25.2 Å². The number of ether oxygens (including phenoxy) is 1. The van der Waals surface area contributed by atoms with Gasteiger partial charge in [0.1, 0.15) is 11.4 Å². The lowest BCUT2D eigenvalue weighted by molar-refractivity contribution is -0.137. The number of alkyl halides is 3. The molecule has 4 N–H and O–H groups in total. The third kappa shape index (κ3) is 5.46. The second kappa shape index (κ2) is 9.43. The maximum absolute atomic E-state index is 12.7. The minimum absolute atomic E-state index is 0.00274. The fraction of sp³-hybridized carbons (Fsp3) is 0.227. The largest absolute Gasteiger partial charge is 0.439 e. The summed E-state index contributed by atoms with van der Waals surface area (Å²) >= 11 is 0. The van der Waals surface area contributed by atoms with Gasteiger partial charge in [0.25, 0.3) is 5.91 Å². The fourth-order valence-corrected chi connectivity index (χ4v) is 3.26. The molecule has 1 aliphatic heterocycles. The van der Waals surface area contributed by atoms with Gasteiger partial charge in [0.2, 0.25) is 11.8 Å². The Balaban J connectivity index is 1.50. The molecule has 1 aromatic carbocycles.